The first-order chi connectivity index (χ1) is 20.2. The van der Waals surface area contributed by atoms with Gasteiger partial charge in [0.05, 0.1) is 36.2 Å². The van der Waals surface area contributed by atoms with Crippen molar-refractivity contribution in [1.82, 2.24) is 4.57 Å². The third-order valence-electron chi connectivity index (χ3n) is 7.27. The topological polar surface area (TPSA) is 115 Å². The summed E-state index contributed by atoms with van der Waals surface area (Å²) in [4.78, 5) is 14.1. The fourth-order valence-corrected chi connectivity index (χ4v) is 5.40. The number of benzene rings is 3. The van der Waals surface area contributed by atoms with E-state index in [-0.39, 0.29) is 36.9 Å². The molecule has 222 valence electrons. The second-order valence-electron chi connectivity index (χ2n) is 10.9. The molecule has 3 atom stereocenters. The van der Waals surface area contributed by atoms with Gasteiger partial charge in [0.25, 0.3) is 5.91 Å². The van der Waals surface area contributed by atoms with Crippen molar-refractivity contribution < 1.29 is 29.6 Å². The molecule has 1 heterocycles. The van der Waals surface area contributed by atoms with Gasteiger partial charge in [0, 0.05) is 29.9 Å². The van der Waals surface area contributed by atoms with E-state index < -0.39 is 24.9 Å². The van der Waals surface area contributed by atoms with E-state index in [1.165, 1.54) is 12.1 Å². The number of nitrogens with one attached hydrogen (secondary N) is 1. The molecular weight excluding hydrogens is 535 g/mol. The molecule has 0 aliphatic rings. The van der Waals surface area contributed by atoms with E-state index in [1.54, 1.807) is 12.1 Å². The number of carbonyl (C=O) groups excluding carboxylic acids is 1. The number of carbonyl (C=O) groups is 1. The van der Waals surface area contributed by atoms with Gasteiger partial charge in [-0.2, -0.15) is 0 Å². The lowest BCUT2D eigenvalue weighted by Gasteiger charge is -2.21. The van der Waals surface area contributed by atoms with Gasteiger partial charge in [-0.3, -0.25) is 4.79 Å². The van der Waals surface area contributed by atoms with Crippen LogP contribution in [0.4, 0.5) is 10.1 Å². The van der Waals surface area contributed by atoms with Crippen molar-refractivity contribution in [3.8, 4) is 22.4 Å². The molecule has 0 saturated heterocycles. The molecule has 8 heteroatoms. The Morgan fingerprint density at radius 2 is 1.40 bits per heavy atom. The number of aliphatic hydroxyl groups excluding tert-OH is 4. The van der Waals surface area contributed by atoms with Crippen molar-refractivity contribution in [2.75, 3.05) is 11.9 Å². The molecule has 0 bridgehead atoms. The number of anilines is 1. The minimum atomic E-state index is -1.06. The molecule has 0 aliphatic heterocycles. The van der Waals surface area contributed by atoms with Crippen LogP contribution < -0.4 is 5.32 Å². The Bertz CT molecular complexity index is 1440. The predicted octanol–water partition coefficient (Wildman–Crippen LogP) is 5.58. The summed E-state index contributed by atoms with van der Waals surface area (Å²) in [6.07, 6.45) is -2.72. The Balaban J connectivity index is 1.85. The van der Waals surface area contributed by atoms with Gasteiger partial charge in [-0.25, -0.2) is 4.39 Å². The molecule has 1 aromatic heterocycles. The highest BCUT2D eigenvalue weighted by molar-refractivity contribution is 6.12. The lowest BCUT2D eigenvalue weighted by molar-refractivity contribution is 0.0161. The molecule has 0 saturated carbocycles. The van der Waals surface area contributed by atoms with Crippen LogP contribution in [0, 0.1) is 5.82 Å². The molecule has 3 aromatic carbocycles. The molecule has 4 aromatic rings. The summed E-state index contributed by atoms with van der Waals surface area (Å²) >= 11 is 0. The minimum Gasteiger partial charge on any atom is -0.394 e. The zero-order valence-corrected chi connectivity index (χ0v) is 24.0. The van der Waals surface area contributed by atoms with Crippen LogP contribution in [0.15, 0.2) is 84.9 Å². The Morgan fingerprint density at radius 1 is 0.810 bits per heavy atom. The molecule has 0 fully saturated rings. The van der Waals surface area contributed by atoms with E-state index in [9.17, 15) is 24.5 Å². The lowest BCUT2D eigenvalue weighted by atomic mass is 9.94. The van der Waals surface area contributed by atoms with E-state index >= 15 is 0 Å². The number of hydrogen-bond acceptors (Lipinski definition) is 5. The highest BCUT2D eigenvalue weighted by Crippen LogP contribution is 2.42. The number of aliphatic hydroxyl groups is 4. The molecule has 7 nitrogen and oxygen atoms in total. The van der Waals surface area contributed by atoms with Crippen LogP contribution in [-0.4, -0.2) is 55.8 Å². The van der Waals surface area contributed by atoms with Crippen LogP contribution in [-0.2, 0) is 6.54 Å². The van der Waals surface area contributed by atoms with Crippen LogP contribution in [0.3, 0.4) is 0 Å². The average Bonchev–Trinajstić information content (AvgIpc) is 3.33. The van der Waals surface area contributed by atoms with Crippen LogP contribution in [0.25, 0.3) is 22.4 Å². The molecule has 1 amide bonds. The van der Waals surface area contributed by atoms with E-state index in [0.29, 0.717) is 23.4 Å². The van der Waals surface area contributed by atoms with Gasteiger partial charge in [0.2, 0.25) is 0 Å². The SMILES string of the molecule is CC(C)c1c(C(=O)Nc2ccccc2)c(-c2ccccc2)c(-c2ccc(F)cc2)n1CC[C@@H](O)C[C@@H](O)C[C@H](O)CO. The van der Waals surface area contributed by atoms with E-state index in [0.717, 1.165) is 22.5 Å². The number of aromatic nitrogens is 1. The molecule has 0 spiro atoms. The average molecular weight is 575 g/mol. The van der Waals surface area contributed by atoms with Gasteiger partial charge in [0.1, 0.15) is 5.82 Å². The highest BCUT2D eigenvalue weighted by atomic mass is 19.1. The minimum absolute atomic E-state index is 0.0219. The van der Waals surface area contributed by atoms with Crippen LogP contribution in [0.1, 0.15) is 55.1 Å². The summed E-state index contributed by atoms with van der Waals surface area (Å²) in [5, 5.41) is 42.9. The summed E-state index contributed by atoms with van der Waals surface area (Å²) in [7, 11) is 0. The number of nitrogens with zero attached hydrogens (tertiary/aromatic N) is 1. The maximum Gasteiger partial charge on any atom is 0.258 e. The second-order valence-corrected chi connectivity index (χ2v) is 10.9. The quantitative estimate of drug-likeness (QED) is 0.143. The first kappa shape index (κ1) is 31.1. The Hall–Kier alpha value is -3.82. The molecule has 42 heavy (non-hydrogen) atoms. The number of halogens is 1. The Morgan fingerprint density at radius 3 is 2.00 bits per heavy atom. The number of hydrogen-bond donors (Lipinski definition) is 5. The normalized spacial score (nSPS) is 13.6. The first-order valence-electron chi connectivity index (χ1n) is 14.3. The van der Waals surface area contributed by atoms with Gasteiger partial charge in [-0.1, -0.05) is 62.4 Å². The number of amides is 1. The van der Waals surface area contributed by atoms with Crippen molar-refractivity contribution in [2.45, 2.75) is 63.9 Å². The fourth-order valence-electron chi connectivity index (χ4n) is 5.40. The summed E-state index contributed by atoms with van der Waals surface area (Å²) in [6, 6.07) is 25.0. The first-order valence-corrected chi connectivity index (χ1v) is 14.3. The largest absolute Gasteiger partial charge is 0.394 e. The smallest absolute Gasteiger partial charge is 0.258 e. The lowest BCUT2D eigenvalue weighted by Crippen LogP contribution is -2.25. The third-order valence-corrected chi connectivity index (χ3v) is 7.27. The van der Waals surface area contributed by atoms with Gasteiger partial charge in [-0.15, -0.1) is 0 Å². The van der Waals surface area contributed by atoms with Crippen LogP contribution >= 0.6 is 0 Å². The summed E-state index contributed by atoms with van der Waals surface area (Å²) < 4.78 is 16.1. The molecule has 0 unspecified atom stereocenters. The predicted molar refractivity (Wildman–Crippen MR) is 163 cm³/mol. The maximum absolute atomic E-state index is 14.1. The number of para-hydroxylation sites is 1. The molecule has 0 aliphatic carbocycles. The standard InChI is InChI=1S/C34H39FN2O5/c1-22(2)32-31(34(42)36-26-11-7-4-8-12-26)30(23-9-5-3-6-10-23)33(24-13-15-25(35)16-14-24)37(32)18-17-27(39)19-28(40)20-29(41)21-38/h3-16,22,27-29,38-41H,17-21H2,1-2H3,(H,36,42)/t27-,28-,29+/m1/s1. The van der Waals surface area contributed by atoms with Crippen molar-refractivity contribution in [2.24, 2.45) is 0 Å². The highest BCUT2D eigenvalue weighted by Gasteiger charge is 2.31. The maximum atomic E-state index is 14.1. The number of rotatable bonds is 13. The van der Waals surface area contributed by atoms with E-state index in [1.807, 2.05) is 79.1 Å². The second kappa shape index (κ2) is 14.4. The zero-order chi connectivity index (χ0) is 30.2. The molecule has 4 rings (SSSR count). The fraction of sp³-hybridized carbons (Fsp3) is 0.324. The van der Waals surface area contributed by atoms with E-state index in [2.05, 4.69) is 5.32 Å². The van der Waals surface area contributed by atoms with Crippen molar-refractivity contribution in [3.63, 3.8) is 0 Å². The molecule has 0 radical (unpaired) electrons. The summed E-state index contributed by atoms with van der Waals surface area (Å²) in [5.41, 5.74) is 4.90. The van der Waals surface area contributed by atoms with Gasteiger partial charge >= 0.3 is 0 Å². The summed E-state index contributed by atoms with van der Waals surface area (Å²) in [5.74, 6) is -0.751. The summed E-state index contributed by atoms with van der Waals surface area (Å²) in [6.45, 7) is 3.86. The molecular formula is C34H39FN2O5. The zero-order valence-electron chi connectivity index (χ0n) is 24.0. The third kappa shape index (κ3) is 7.52. The van der Waals surface area contributed by atoms with E-state index in [4.69, 9.17) is 5.11 Å². The Kier molecular flexibility index (Phi) is 10.7. The van der Waals surface area contributed by atoms with Gasteiger partial charge in [-0.05, 0) is 66.3 Å². The van der Waals surface area contributed by atoms with Crippen molar-refractivity contribution in [3.05, 3.63) is 102 Å². The molecule has 5 N–H and O–H groups in total. The van der Waals surface area contributed by atoms with Crippen molar-refractivity contribution in [1.29, 1.82) is 0 Å². The van der Waals surface area contributed by atoms with Gasteiger partial charge < -0.3 is 30.3 Å². The monoisotopic (exact) mass is 574 g/mol. The van der Waals surface area contributed by atoms with Crippen LogP contribution in [0.5, 0.6) is 0 Å². The van der Waals surface area contributed by atoms with Crippen LogP contribution in [0.2, 0.25) is 0 Å². The van der Waals surface area contributed by atoms with Gasteiger partial charge in [0.15, 0.2) is 0 Å². The van der Waals surface area contributed by atoms with Crippen molar-refractivity contribution >= 4 is 11.6 Å². The Labute approximate surface area is 245 Å².